The van der Waals surface area contributed by atoms with Crippen molar-refractivity contribution in [1.29, 1.82) is 0 Å². The summed E-state index contributed by atoms with van der Waals surface area (Å²) in [4.78, 5) is 19.7. The van der Waals surface area contributed by atoms with Crippen molar-refractivity contribution in [3.05, 3.63) is 110 Å². The lowest BCUT2D eigenvalue weighted by molar-refractivity contribution is 0.289. The van der Waals surface area contributed by atoms with Crippen LogP contribution in [-0.2, 0) is 0 Å². The summed E-state index contributed by atoms with van der Waals surface area (Å²) < 4.78 is 14.6. The van der Waals surface area contributed by atoms with Crippen molar-refractivity contribution >= 4 is 60.3 Å². The van der Waals surface area contributed by atoms with E-state index in [0.29, 0.717) is 13.2 Å². The van der Waals surface area contributed by atoms with Crippen LogP contribution in [0.15, 0.2) is 125 Å². The van der Waals surface area contributed by atoms with Crippen molar-refractivity contribution in [3.8, 4) is 11.5 Å². The van der Waals surface area contributed by atoms with Gasteiger partial charge in [0.2, 0.25) is 0 Å². The summed E-state index contributed by atoms with van der Waals surface area (Å²) in [5.41, 5.74) is 8.28. The lowest BCUT2D eigenvalue weighted by Crippen LogP contribution is -2.08. The Morgan fingerprint density at radius 1 is 0.587 bits per heavy atom. The first-order valence-electron chi connectivity index (χ1n) is 16.3. The number of benzene rings is 1. The maximum Gasteiger partial charge on any atom is 0.130 e. The highest BCUT2D eigenvalue weighted by Crippen LogP contribution is 2.42. The van der Waals surface area contributed by atoms with Crippen LogP contribution in [0.25, 0.3) is 5.57 Å². The predicted molar refractivity (Wildman–Crippen MR) is 199 cm³/mol. The molecule has 0 saturated carbocycles. The van der Waals surface area contributed by atoms with E-state index in [0.717, 1.165) is 103 Å². The molecular weight excluding hydrogens is 704 g/mol. The molecule has 0 spiro atoms. The van der Waals surface area contributed by atoms with Crippen molar-refractivity contribution in [3.63, 3.8) is 0 Å². The van der Waals surface area contributed by atoms with E-state index >= 15 is 0 Å². The van der Waals surface area contributed by atoms with Gasteiger partial charge in [0.25, 0.3) is 0 Å². The van der Waals surface area contributed by atoms with Crippen LogP contribution in [0.1, 0.15) is 70.8 Å². The molecule has 1 aromatic rings. The van der Waals surface area contributed by atoms with Crippen molar-refractivity contribution in [1.82, 2.24) is 0 Å². The third-order valence-electron chi connectivity index (χ3n) is 8.02. The molecule has 0 saturated heterocycles. The van der Waals surface area contributed by atoms with Crippen molar-refractivity contribution < 1.29 is 9.47 Å². The van der Waals surface area contributed by atoms with E-state index in [1.165, 1.54) is 25.7 Å². The van der Waals surface area contributed by atoms with Crippen LogP contribution in [0.4, 0.5) is 0 Å². The number of allylic oxidation sites excluding steroid dienone is 12. The third-order valence-corrected chi connectivity index (χ3v) is 9.61. The smallest absolute Gasteiger partial charge is 0.130 e. The van der Waals surface area contributed by atoms with E-state index in [1.54, 1.807) is 0 Å². The van der Waals surface area contributed by atoms with Crippen LogP contribution >= 0.6 is 31.9 Å². The summed E-state index contributed by atoms with van der Waals surface area (Å²) in [5, 5.41) is 0. The number of hydrogen-bond acceptors (Lipinski definition) is 6. The second-order valence-electron chi connectivity index (χ2n) is 11.6. The minimum atomic E-state index is 0.646. The summed E-state index contributed by atoms with van der Waals surface area (Å²) in [6.07, 6.45) is 27.2. The molecule has 1 aromatic carbocycles. The molecule has 46 heavy (non-hydrogen) atoms. The molecule has 0 fully saturated rings. The number of halogens is 2. The molecule has 0 amide bonds. The van der Waals surface area contributed by atoms with Gasteiger partial charge in [-0.2, -0.15) is 0 Å². The fourth-order valence-corrected chi connectivity index (χ4v) is 6.57. The Kier molecular flexibility index (Phi) is 10.8. The number of unbranched alkanes of at least 4 members (excludes halogenated alkanes) is 6. The fourth-order valence-electron chi connectivity index (χ4n) is 5.61. The third kappa shape index (κ3) is 7.50. The Hall–Kier alpha value is -3.62. The van der Waals surface area contributed by atoms with E-state index in [1.807, 2.05) is 66.8 Å². The number of ether oxygens (including phenoxy) is 2. The van der Waals surface area contributed by atoms with Crippen LogP contribution in [0.2, 0.25) is 0 Å². The maximum absolute atomic E-state index is 6.49. The molecule has 8 heteroatoms. The van der Waals surface area contributed by atoms with E-state index in [-0.39, 0.29) is 0 Å². The number of aliphatic imine (C=N–C) groups is 4. The summed E-state index contributed by atoms with van der Waals surface area (Å²) in [7, 11) is 0. The fraction of sp³-hybridized carbons (Fsp3) is 0.316. The van der Waals surface area contributed by atoms with E-state index < -0.39 is 0 Å². The van der Waals surface area contributed by atoms with Crippen molar-refractivity contribution in [2.75, 3.05) is 13.2 Å². The molecule has 8 bridgehead atoms. The zero-order chi connectivity index (χ0) is 31.9. The second kappa shape index (κ2) is 15.3. The number of fused-ring (bicyclic) bond motifs is 4. The number of hydrogen-bond donors (Lipinski definition) is 0. The van der Waals surface area contributed by atoms with Gasteiger partial charge >= 0.3 is 0 Å². The molecule has 5 aliphatic heterocycles. The lowest BCUT2D eigenvalue weighted by Gasteiger charge is -2.18. The maximum atomic E-state index is 6.49. The monoisotopic (exact) mass is 740 g/mol. The normalized spacial score (nSPS) is 18.0. The molecule has 6 nitrogen and oxygen atoms in total. The van der Waals surface area contributed by atoms with Crippen LogP contribution in [-0.4, -0.2) is 36.1 Å². The van der Waals surface area contributed by atoms with Gasteiger partial charge in [-0.3, -0.25) is 0 Å². The van der Waals surface area contributed by atoms with Gasteiger partial charge in [0.1, 0.15) is 11.5 Å². The predicted octanol–water partition coefficient (Wildman–Crippen LogP) is 10.5. The quantitative estimate of drug-likeness (QED) is 0.189. The summed E-state index contributed by atoms with van der Waals surface area (Å²) in [6.45, 7) is 5.74. The van der Waals surface area contributed by atoms with Gasteiger partial charge in [0.15, 0.2) is 0 Å². The summed E-state index contributed by atoms with van der Waals surface area (Å²) in [6, 6.07) is 6.09. The first kappa shape index (κ1) is 32.3. The molecule has 236 valence electrons. The van der Waals surface area contributed by atoms with Crippen LogP contribution < -0.4 is 9.47 Å². The SMILES string of the molecule is CCCCCCOc1cccc(OCCCCCC)c1C1=CC2=CC3=NC(=C(Br)C4=NC(=CC5=NC(=C(Br)C1=N2)C=C5)C=C4)C=C3. The van der Waals surface area contributed by atoms with Crippen LogP contribution in [0.5, 0.6) is 11.5 Å². The first-order valence-corrected chi connectivity index (χ1v) is 17.9. The first-order chi connectivity index (χ1) is 22.5. The van der Waals surface area contributed by atoms with Gasteiger partial charge in [0.05, 0.1) is 73.4 Å². The van der Waals surface area contributed by atoms with Gasteiger partial charge in [-0.05, 0) is 112 Å². The van der Waals surface area contributed by atoms with Crippen molar-refractivity contribution in [2.24, 2.45) is 20.0 Å². The summed E-state index contributed by atoms with van der Waals surface area (Å²) >= 11 is 7.63. The molecule has 6 rings (SSSR count). The lowest BCUT2D eigenvalue weighted by atomic mass is 9.98. The molecule has 0 N–H and O–H groups in total. The zero-order valence-electron chi connectivity index (χ0n) is 26.4. The van der Waals surface area contributed by atoms with Crippen LogP contribution in [0, 0.1) is 0 Å². The highest BCUT2D eigenvalue weighted by Gasteiger charge is 2.28. The molecule has 5 aliphatic rings. The highest BCUT2D eigenvalue weighted by molar-refractivity contribution is 9.12. The van der Waals surface area contributed by atoms with E-state index in [4.69, 9.17) is 29.4 Å². The Labute approximate surface area is 288 Å². The average Bonchev–Trinajstić information content (AvgIpc) is 3.88. The van der Waals surface area contributed by atoms with Gasteiger partial charge in [-0.25, -0.2) is 20.0 Å². The van der Waals surface area contributed by atoms with Crippen LogP contribution in [0.3, 0.4) is 0 Å². The minimum absolute atomic E-state index is 0.646. The number of nitrogens with zero attached hydrogens (tertiary/aromatic N) is 4. The molecular formula is C38H38Br2N4O2. The number of rotatable bonds is 13. The average molecular weight is 743 g/mol. The summed E-state index contributed by atoms with van der Waals surface area (Å²) in [5.74, 6) is 1.59. The van der Waals surface area contributed by atoms with Crippen molar-refractivity contribution in [2.45, 2.75) is 65.2 Å². The Morgan fingerprint density at radius 3 is 1.83 bits per heavy atom. The highest BCUT2D eigenvalue weighted by atomic mass is 79.9. The minimum Gasteiger partial charge on any atom is -0.493 e. The van der Waals surface area contributed by atoms with Gasteiger partial charge in [-0.15, -0.1) is 0 Å². The Bertz CT molecular complexity index is 1740. The van der Waals surface area contributed by atoms with E-state index in [9.17, 15) is 0 Å². The Balaban J connectivity index is 1.44. The topological polar surface area (TPSA) is 67.9 Å². The van der Waals surface area contributed by atoms with Gasteiger partial charge < -0.3 is 9.47 Å². The second-order valence-corrected chi connectivity index (χ2v) is 13.2. The standard InChI is InChI=1S/C38H38Br2N4O2/c1-3-5-7-9-20-45-33-12-11-13-34(46-21-10-8-6-4-2)35(33)29-24-28-23-27-15-18-31(42-27)36(39)30-17-14-25(41-30)22-26-16-19-32(43-26)37(40)38(29)44-28/h11-19,22-24H,3-10,20-21H2,1-2H3. The van der Waals surface area contributed by atoms with Gasteiger partial charge in [-0.1, -0.05) is 58.4 Å². The molecule has 0 atom stereocenters. The molecule has 0 aliphatic carbocycles. The van der Waals surface area contributed by atoms with E-state index in [2.05, 4.69) is 51.8 Å². The molecule has 0 radical (unpaired) electrons. The largest absolute Gasteiger partial charge is 0.493 e. The van der Waals surface area contributed by atoms with Gasteiger partial charge in [0, 0.05) is 5.57 Å². The molecule has 0 aromatic heterocycles. The molecule has 5 heterocycles. The molecule has 0 unspecified atom stereocenters. The Morgan fingerprint density at radius 2 is 1.20 bits per heavy atom. The zero-order valence-corrected chi connectivity index (χ0v) is 29.5.